The Morgan fingerprint density at radius 2 is 2.50 bits per heavy atom. The molecule has 1 fully saturated rings. The Kier molecular flexibility index (Phi) is 4.96. The van der Waals surface area contributed by atoms with E-state index in [1.807, 2.05) is 0 Å². The molecule has 0 spiro atoms. The predicted molar refractivity (Wildman–Crippen MR) is 51.8 cm³/mol. The highest BCUT2D eigenvalue weighted by molar-refractivity contribution is 6.17. The quantitative estimate of drug-likeness (QED) is 0.669. The van der Waals surface area contributed by atoms with Gasteiger partial charge in [0, 0.05) is 24.6 Å². The van der Waals surface area contributed by atoms with E-state index in [2.05, 4.69) is 12.2 Å². The van der Waals surface area contributed by atoms with Gasteiger partial charge >= 0.3 is 0 Å². The molecule has 0 amide bonds. The maximum Gasteiger partial charge on any atom is 0.0620 e. The summed E-state index contributed by atoms with van der Waals surface area (Å²) in [5.41, 5.74) is 0. The highest BCUT2D eigenvalue weighted by Gasteiger charge is 2.16. The Bertz CT molecular complexity index is 115. The fourth-order valence-electron chi connectivity index (χ4n) is 1.54. The molecule has 3 heteroatoms. The first kappa shape index (κ1) is 10.3. The lowest BCUT2D eigenvalue weighted by Gasteiger charge is -2.17. The van der Waals surface area contributed by atoms with Crippen LogP contribution >= 0.6 is 11.6 Å². The molecule has 0 aromatic carbocycles. The van der Waals surface area contributed by atoms with Gasteiger partial charge in [0.25, 0.3) is 0 Å². The monoisotopic (exact) mass is 191 g/mol. The fourth-order valence-corrected chi connectivity index (χ4v) is 1.69. The number of halogens is 1. The molecular formula is C9H18ClNO. The van der Waals surface area contributed by atoms with Gasteiger partial charge in [-0.25, -0.2) is 0 Å². The Morgan fingerprint density at radius 1 is 1.67 bits per heavy atom. The Morgan fingerprint density at radius 3 is 3.08 bits per heavy atom. The van der Waals surface area contributed by atoms with Crippen LogP contribution in [0.25, 0.3) is 0 Å². The SMILES string of the molecule is CC(CCCCl)NC1CCOC1. The lowest BCUT2D eigenvalue weighted by atomic mass is 10.1. The second kappa shape index (κ2) is 5.79. The molecule has 2 nitrogen and oxygen atoms in total. The van der Waals surface area contributed by atoms with E-state index in [1.54, 1.807) is 0 Å². The van der Waals surface area contributed by atoms with E-state index in [9.17, 15) is 0 Å². The first-order valence-corrected chi connectivity index (χ1v) is 5.26. The van der Waals surface area contributed by atoms with Gasteiger partial charge in [-0.2, -0.15) is 0 Å². The summed E-state index contributed by atoms with van der Waals surface area (Å²) in [6.45, 7) is 4.01. The number of alkyl halides is 1. The van der Waals surface area contributed by atoms with Crippen LogP contribution in [0, 0.1) is 0 Å². The van der Waals surface area contributed by atoms with Crippen molar-refractivity contribution in [2.24, 2.45) is 0 Å². The molecule has 0 saturated carbocycles. The number of ether oxygens (including phenoxy) is 1. The number of nitrogens with one attached hydrogen (secondary N) is 1. The van der Waals surface area contributed by atoms with E-state index in [0.717, 1.165) is 31.9 Å². The molecule has 1 aliphatic rings. The maximum atomic E-state index is 5.61. The lowest BCUT2D eigenvalue weighted by Crippen LogP contribution is -2.36. The second-order valence-corrected chi connectivity index (χ2v) is 3.84. The van der Waals surface area contributed by atoms with Crippen molar-refractivity contribution in [3.63, 3.8) is 0 Å². The Balaban J connectivity index is 2.03. The summed E-state index contributed by atoms with van der Waals surface area (Å²) in [4.78, 5) is 0. The van der Waals surface area contributed by atoms with Gasteiger partial charge in [0.15, 0.2) is 0 Å². The van der Waals surface area contributed by atoms with Crippen LogP contribution in [0.4, 0.5) is 0 Å². The smallest absolute Gasteiger partial charge is 0.0620 e. The van der Waals surface area contributed by atoms with Crippen LogP contribution in [0.3, 0.4) is 0 Å². The Labute approximate surface area is 79.6 Å². The largest absolute Gasteiger partial charge is 0.380 e. The molecule has 1 heterocycles. The van der Waals surface area contributed by atoms with Crippen LogP contribution in [-0.2, 0) is 4.74 Å². The van der Waals surface area contributed by atoms with Crippen molar-refractivity contribution < 1.29 is 4.74 Å². The van der Waals surface area contributed by atoms with Crippen LogP contribution in [0.2, 0.25) is 0 Å². The molecular weight excluding hydrogens is 174 g/mol. The summed E-state index contributed by atoms with van der Waals surface area (Å²) in [5, 5.41) is 3.53. The minimum Gasteiger partial charge on any atom is -0.380 e. The molecule has 1 N–H and O–H groups in total. The topological polar surface area (TPSA) is 21.3 Å². The van der Waals surface area contributed by atoms with Crippen molar-refractivity contribution in [2.75, 3.05) is 19.1 Å². The zero-order valence-corrected chi connectivity index (χ0v) is 8.44. The van der Waals surface area contributed by atoms with Crippen molar-refractivity contribution in [2.45, 2.75) is 38.3 Å². The van der Waals surface area contributed by atoms with E-state index in [4.69, 9.17) is 16.3 Å². The summed E-state index contributed by atoms with van der Waals surface area (Å²) in [7, 11) is 0. The van der Waals surface area contributed by atoms with E-state index in [0.29, 0.717) is 12.1 Å². The molecule has 0 aliphatic carbocycles. The molecule has 72 valence electrons. The van der Waals surface area contributed by atoms with Crippen molar-refractivity contribution >= 4 is 11.6 Å². The Hall–Kier alpha value is 0.210. The first-order valence-electron chi connectivity index (χ1n) is 4.72. The third-order valence-corrected chi connectivity index (χ3v) is 2.49. The molecule has 1 saturated heterocycles. The second-order valence-electron chi connectivity index (χ2n) is 3.46. The standard InChI is InChI=1S/C9H18ClNO/c1-8(3-2-5-10)11-9-4-6-12-7-9/h8-9,11H,2-7H2,1H3. The zero-order valence-electron chi connectivity index (χ0n) is 7.68. The van der Waals surface area contributed by atoms with Crippen molar-refractivity contribution in [3.8, 4) is 0 Å². The van der Waals surface area contributed by atoms with Crippen LogP contribution in [0.1, 0.15) is 26.2 Å². The van der Waals surface area contributed by atoms with E-state index < -0.39 is 0 Å². The van der Waals surface area contributed by atoms with E-state index in [1.165, 1.54) is 6.42 Å². The highest BCUT2D eigenvalue weighted by atomic mass is 35.5. The average molecular weight is 192 g/mol. The van der Waals surface area contributed by atoms with E-state index in [-0.39, 0.29) is 0 Å². The maximum absolute atomic E-state index is 5.61. The molecule has 0 radical (unpaired) electrons. The normalized spacial score (nSPS) is 26.0. The summed E-state index contributed by atoms with van der Waals surface area (Å²) < 4.78 is 5.27. The van der Waals surface area contributed by atoms with Crippen LogP contribution < -0.4 is 5.32 Å². The van der Waals surface area contributed by atoms with Gasteiger partial charge in [0.2, 0.25) is 0 Å². The third-order valence-electron chi connectivity index (χ3n) is 2.22. The van der Waals surface area contributed by atoms with Crippen LogP contribution in [-0.4, -0.2) is 31.2 Å². The minimum atomic E-state index is 0.579. The van der Waals surface area contributed by atoms with Gasteiger partial charge in [-0.15, -0.1) is 11.6 Å². The van der Waals surface area contributed by atoms with Gasteiger partial charge in [0.05, 0.1) is 6.61 Å². The number of rotatable bonds is 5. The van der Waals surface area contributed by atoms with Crippen molar-refractivity contribution in [1.29, 1.82) is 0 Å². The summed E-state index contributed by atoms with van der Waals surface area (Å²) >= 11 is 5.61. The molecule has 0 aromatic rings. The molecule has 2 unspecified atom stereocenters. The molecule has 1 aliphatic heterocycles. The van der Waals surface area contributed by atoms with Crippen LogP contribution in [0.15, 0.2) is 0 Å². The van der Waals surface area contributed by atoms with Crippen molar-refractivity contribution in [3.05, 3.63) is 0 Å². The molecule has 2 atom stereocenters. The predicted octanol–water partition coefficient (Wildman–Crippen LogP) is 1.77. The molecule has 0 bridgehead atoms. The van der Waals surface area contributed by atoms with Gasteiger partial charge in [0.1, 0.15) is 0 Å². The van der Waals surface area contributed by atoms with Crippen LogP contribution in [0.5, 0.6) is 0 Å². The van der Waals surface area contributed by atoms with Gasteiger partial charge in [-0.05, 0) is 26.2 Å². The first-order chi connectivity index (χ1) is 5.83. The third kappa shape index (κ3) is 3.74. The average Bonchev–Trinajstić information content (AvgIpc) is 2.53. The highest BCUT2D eigenvalue weighted by Crippen LogP contribution is 2.06. The van der Waals surface area contributed by atoms with Gasteiger partial charge in [-0.1, -0.05) is 0 Å². The zero-order chi connectivity index (χ0) is 8.81. The van der Waals surface area contributed by atoms with E-state index >= 15 is 0 Å². The summed E-state index contributed by atoms with van der Waals surface area (Å²) in [5.74, 6) is 0.771. The summed E-state index contributed by atoms with van der Waals surface area (Å²) in [6, 6.07) is 1.16. The van der Waals surface area contributed by atoms with Gasteiger partial charge < -0.3 is 10.1 Å². The van der Waals surface area contributed by atoms with Crippen molar-refractivity contribution in [1.82, 2.24) is 5.32 Å². The summed E-state index contributed by atoms with van der Waals surface area (Å²) in [6.07, 6.45) is 3.43. The molecule has 0 aromatic heterocycles. The minimum absolute atomic E-state index is 0.579. The molecule has 1 rings (SSSR count). The lowest BCUT2D eigenvalue weighted by molar-refractivity contribution is 0.188. The fraction of sp³-hybridized carbons (Fsp3) is 1.00. The number of hydrogen-bond donors (Lipinski definition) is 1. The van der Waals surface area contributed by atoms with Gasteiger partial charge in [-0.3, -0.25) is 0 Å². The molecule has 12 heavy (non-hydrogen) atoms. The number of hydrogen-bond acceptors (Lipinski definition) is 2.